The predicted molar refractivity (Wildman–Crippen MR) is 85.5 cm³/mol. The Morgan fingerprint density at radius 1 is 1.18 bits per heavy atom. The van der Waals surface area contributed by atoms with Crippen molar-refractivity contribution in [2.45, 2.75) is 23.8 Å². The van der Waals surface area contributed by atoms with Gasteiger partial charge in [0.2, 0.25) is 10.0 Å². The van der Waals surface area contributed by atoms with Gasteiger partial charge in [-0.3, -0.25) is 0 Å². The van der Waals surface area contributed by atoms with Crippen molar-refractivity contribution < 1.29 is 17.9 Å². The maximum absolute atomic E-state index is 12.9. The van der Waals surface area contributed by atoms with E-state index < -0.39 is 10.0 Å². The summed E-state index contributed by atoms with van der Waals surface area (Å²) in [6, 6.07) is 5.03. The highest BCUT2D eigenvalue weighted by Gasteiger charge is 2.33. The van der Waals surface area contributed by atoms with E-state index in [0.717, 1.165) is 25.9 Å². The van der Waals surface area contributed by atoms with Crippen molar-refractivity contribution in [3.05, 3.63) is 18.2 Å². The Morgan fingerprint density at radius 3 is 2.59 bits per heavy atom. The van der Waals surface area contributed by atoms with Crippen LogP contribution in [0.3, 0.4) is 0 Å². The molecule has 0 aromatic heterocycles. The summed E-state index contributed by atoms with van der Waals surface area (Å²) in [5.41, 5.74) is 0. The minimum atomic E-state index is -3.58. The third-order valence-corrected chi connectivity index (χ3v) is 5.94. The number of benzene rings is 1. The van der Waals surface area contributed by atoms with Gasteiger partial charge in [0.25, 0.3) is 0 Å². The molecule has 0 spiro atoms. The van der Waals surface area contributed by atoms with Crippen LogP contribution in [0.1, 0.15) is 12.8 Å². The summed E-state index contributed by atoms with van der Waals surface area (Å²) in [6.07, 6.45) is 1.64. The van der Waals surface area contributed by atoms with Gasteiger partial charge in [0.05, 0.1) is 0 Å². The lowest BCUT2D eigenvalue weighted by molar-refractivity contribution is 0.166. The van der Waals surface area contributed by atoms with Crippen LogP contribution < -0.4 is 14.8 Å². The van der Waals surface area contributed by atoms with Crippen LogP contribution in [0.5, 0.6) is 11.5 Å². The fourth-order valence-corrected chi connectivity index (χ4v) is 4.33. The Balaban J connectivity index is 0.00000176. The Morgan fingerprint density at radius 2 is 1.86 bits per heavy atom. The first-order valence-electron chi connectivity index (χ1n) is 7.18. The number of hydrogen-bond acceptors (Lipinski definition) is 5. The molecular weight excluding hydrogens is 328 g/mol. The minimum absolute atomic E-state index is 0. The van der Waals surface area contributed by atoms with Gasteiger partial charge in [-0.25, -0.2) is 8.42 Å². The maximum atomic E-state index is 12.9. The van der Waals surface area contributed by atoms with Gasteiger partial charge in [0, 0.05) is 13.1 Å². The highest BCUT2D eigenvalue weighted by molar-refractivity contribution is 7.89. The summed E-state index contributed by atoms with van der Waals surface area (Å²) in [4.78, 5) is 0.195. The Labute approximate surface area is 137 Å². The number of nitrogens with one attached hydrogen (secondary N) is 1. The first-order valence-corrected chi connectivity index (χ1v) is 8.62. The number of fused-ring (bicyclic) bond motifs is 1. The zero-order valence-corrected chi connectivity index (χ0v) is 14.1. The molecule has 1 aromatic rings. The number of rotatable bonds is 3. The van der Waals surface area contributed by atoms with Crippen molar-refractivity contribution in [3.63, 3.8) is 0 Å². The molecule has 0 saturated carbocycles. The highest BCUT2D eigenvalue weighted by Crippen LogP contribution is 2.38. The largest absolute Gasteiger partial charge is 0.486 e. The van der Waals surface area contributed by atoms with Gasteiger partial charge < -0.3 is 14.8 Å². The Bertz CT molecular complexity index is 617. The molecule has 1 aromatic carbocycles. The molecule has 1 N–H and O–H groups in total. The van der Waals surface area contributed by atoms with E-state index in [2.05, 4.69) is 5.32 Å². The minimum Gasteiger partial charge on any atom is -0.486 e. The lowest BCUT2D eigenvalue weighted by atomic mass is 10.1. The van der Waals surface area contributed by atoms with Gasteiger partial charge in [-0.15, -0.1) is 12.4 Å². The molecule has 22 heavy (non-hydrogen) atoms. The maximum Gasteiger partial charge on any atom is 0.246 e. The third-order valence-electron chi connectivity index (χ3n) is 4.01. The van der Waals surface area contributed by atoms with E-state index in [1.54, 1.807) is 25.2 Å². The number of piperidine rings is 1. The topological polar surface area (TPSA) is 67.9 Å². The van der Waals surface area contributed by atoms with Crippen LogP contribution in [0.15, 0.2) is 23.1 Å². The molecule has 8 heteroatoms. The molecule has 6 nitrogen and oxygen atoms in total. The van der Waals surface area contributed by atoms with E-state index in [1.807, 2.05) is 0 Å². The predicted octanol–water partition coefficient (Wildman–Crippen LogP) is 1.25. The second-order valence-electron chi connectivity index (χ2n) is 5.28. The molecule has 0 unspecified atom stereocenters. The summed E-state index contributed by atoms with van der Waals surface area (Å²) in [5.74, 6) is 0.838. The van der Waals surface area contributed by atoms with Crippen molar-refractivity contribution in [1.82, 2.24) is 9.62 Å². The van der Waals surface area contributed by atoms with Gasteiger partial charge in [-0.05, 0) is 38.1 Å². The third kappa shape index (κ3) is 3.17. The van der Waals surface area contributed by atoms with Gasteiger partial charge in [0.1, 0.15) is 18.1 Å². The Hall–Kier alpha value is -1.02. The van der Waals surface area contributed by atoms with E-state index >= 15 is 0 Å². The zero-order chi connectivity index (χ0) is 14.9. The number of ether oxygens (including phenoxy) is 2. The van der Waals surface area contributed by atoms with Crippen LogP contribution in [0.2, 0.25) is 0 Å². The number of hydrogen-bond donors (Lipinski definition) is 1. The number of halogens is 1. The van der Waals surface area contributed by atoms with Crippen molar-refractivity contribution >= 4 is 22.4 Å². The normalized spacial score (nSPS) is 18.8. The van der Waals surface area contributed by atoms with Gasteiger partial charge in [0.15, 0.2) is 11.5 Å². The fraction of sp³-hybridized carbons (Fsp3) is 0.571. The van der Waals surface area contributed by atoms with Crippen molar-refractivity contribution in [2.24, 2.45) is 0 Å². The molecule has 0 amide bonds. The van der Waals surface area contributed by atoms with E-state index in [1.165, 1.54) is 4.31 Å². The van der Waals surface area contributed by atoms with Gasteiger partial charge in [-0.1, -0.05) is 6.07 Å². The number of sulfonamides is 1. The lowest BCUT2D eigenvalue weighted by Gasteiger charge is -2.31. The van der Waals surface area contributed by atoms with Crippen molar-refractivity contribution in [1.29, 1.82) is 0 Å². The van der Waals surface area contributed by atoms with Crippen LogP contribution in [-0.4, -0.2) is 52.1 Å². The molecule has 2 heterocycles. The molecular formula is C14H21ClN2O4S. The smallest absolute Gasteiger partial charge is 0.246 e. The van der Waals surface area contributed by atoms with E-state index in [9.17, 15) is 8.42 Å². The van der Waals surface area contributed by atoms with Gasteiger partial charge in [-0.2, -0.15) is 4.31 Å². The average Bonchev–Trinajstić information content (AvgIpc) is 2.54. The first-order chi connectivity index (χ1) is 10.1. The molecule has 2 aliphatic heterocycles. The molecule has 0 radical (unpaired) electrons. The summed E-state index contributed by atoms with van der Waals surface area (Å²) in [6.45, 7) is 2.51. The molecule has 0 aliphatic carbocycles. The van der Waals surface area contributed by atoms with Crippen LogP contribution in [0.4, 0.5) is 0 Å². The monoisotopic (exact) mass is 348 g/mol. The van der Waals surface area contributed by atoms with Gasteiger partial charge >= 0.3 is 0 Å². The molecule has 0 bridgehead atoms. The second-order valence-corrected chi connectivity index (χ2v) is 7.25. The fourth-order valence-electron chi connectivity index (χ4n) is 2.77. The molecule has 3 rings (SSSR count). The summed E-state index contributed by atoms with van der Waals surface area (Å²) in [7, 11) is -1.93. The van der Waals surface area contributed by atoms with Crippen LogP contribution in [-0.2, 0) is 10.0 Å². The molecule has 1 saturated heterocycles. The van der Waals surface area contributed by atoms with E-state index in [0.29, 0.717) is 24.7 Å². The average molecular weight is 349 g/mol. The Kier molecular flexibility index (Phi) is 5.55. The first kappa shape index (κ1) is 17.3. The molecule has 124 valence electrons. The summed E-state index contributed by atoms with van der Waals surface area (Å²) < 4.78 is 38.2. The van der Waals surface area contributed by atoms with Crippen molar-refractivity contribution in [2.75, 3.05) is 33.4 Å². The summed E-state index contributed by atoms with van der Waals surface area (Å²) >= 11 is 0. The van der Waals surface area contributed by atoms with Crippen molar-refractivity contribution in [3.8, 4) is 11.5 Å². The van der Waals surface area contributed by atoms with Crippen LogP contribution in [0.25, 0.3) is 0 Å². The molecule has 0 atom stereocenters. The lowest BCUT2D eigenvalue weighted by Crippen LogP contribution is -2.44. The second kappa shape index (κ2) is 7.04. The molecule has 2 aliphatic rings. The number of para-hydroxylation sites is 1. The molecule has 1 fully saturated rings. The zero-order valence-electron chi connectivity index (χ0n) is 12.4. The SMILES string of the molecule is CN(C1CCNCC1)S(=O)(=O)c1cccc2c1OCCO2.Cl. The van der Waals surface area contributed by atoms with Crippen LogP contribution >= 0.6 is 12.4 Å². The standard InChI is InChI=1S/C14H20N2O4S.ClH/c1-16(11-5-7-15-8-6-11)21(17,18)13-4-2-3-12-14(13)20-10-9-19-12;/h2-4,11,15H,5-10H2,1H3;1H. The quantitative estimate of drug-likeness (QED) is 0.890. The number of nitrogens with zero attached hydrogens (tertiary/aromatic N) is 1. The summed E-state index contributed by atoms with van der Waals surface area (Å²) in [5, 5.41) is 3.24. The van der Waals surface area contributed by atoms with E-state index in [-0.39, 0.29) is 23.3 Å². The van der Waals surface area contributed by atoms with E-state index in [4.69, 9.17) is 9.47 Å². The van der Waals surface area contributed by atoms with Crippen LogP contribution in [0, 0.1) is 0 Å². The highest BCUT2D eigenvalue weighted by atomic mass is 35.5.